The number of quaternary nitrogens is 2. The van der Waals surface area contributed by atoms with Crippen molar-refractivity contribution in [1.82, 2.24) is 0 Å². The van der Waals surface area contributed by atoms with Crippen molar-refractivity contribution in [3.05, 3.63) is 0 Å². The Hall–Kier alpha value is 1.30. The predicted octanol–water partition coefficient (Wildman–Crippen LogP) is 5.90. The Morgan fingerprint density at radius 3 is 1.08 bits per heavy atom. The molecule has 2 fully saturated rings. The van der Waals surface area contributed by atoms with Crippen LogP contribution in [0.25, 0.3) is 0 Å². The van der Waals surface area contributed by atoms with Gasteiger partial charge in [-0.2, -0.15) is 0 Å². The molecule has 0 aromatic heterocycles. The quantitative estimate of drug-likeness (QED) is 0.0456. The second kappa shape index (κ2) is 32.7. The monoisotopic (exact) mass is 918 g/mol. The van der Waals surface area contributed by atoms with E-state index in [9.17, 15) is 0 Å². The normalized spacial score (nSPS) is 16.9. The third-order valence-corrected chi connectivity index (χ3v) is 11.9. The molecule has 2 heterocycles. The minimum Gasteiger partial charge on any atom is -1.00 e. The third-order valence-electron chi connectivity index (χ3n) is 11.9. The summed E-state index contributed by atoms with van der Waals surface area (Å²) in [6.07, 6.45) is 38.8. The van der Waals surface area contributed by atoms with Crippen LogP contribution in [0, 0.1) is 5.41 Å². The van der Waals surface area contributed by atoms with Crippen molar-refractivity contribution in [2.45, 2.75) is 194 Å². The van der Waals surface area contributed by atoms with Crippen molar-refractivity contribution >= 4 is 0 Å². The van der Waals surface area contributed by atoms with Crippen molar-refractivity contribution in [2.24, 2.45) is 5.41 Å². The minimum atomic E-state index is 0. The van der Waals surface area contributed by atoms with E-state index in [0.717, 1.165) is 26.4 Å². The summed E-state index contributed by atoms with van der Waals surface area (Å²) in [5, 5.41) is 0. The summed E-state index contributed by atoms with van der Waals surface area (Å²) in [5.74, 6) is 0. The van der Waals surface area contributed by atoms with Gasteiger partial charge in [0.2, 0.25) is 0 Å². The smallest absolute Gasteiger partial charge is 0.0919 e. The zero-order valence-corrected chi connectivity index (χ0v) is 38.2. The molecule has 2 rings (SSSR count). The van der Waals surface area contributed by atoms with E-state index in [1.165, 1.54) is 228 Å². The molecule has 296 valence electrons. The van der Waals surface area contributed by atoms with E-state index in [0.29, 0.717) is 5.41 Å². The van der Waals surface area contributed by atoms with Crippen molar-refractivity contribution in [3.63, 3.8) is 0 Å². The Bertz CT molecular complexity index is 639. The first-order valence-corrected chi connectivity index (χ1v) is 21.8. The molecule has 0 aliphatic carbocycles. The third kappa shape index (κ3) is 25.9. The van der Waals surface area contributed by atoms with Gasteiger partial charge in [0.1, 0.15) is 0 Å². The van der Waals surface area contributed by atoms with Crippen LogP contribution in [0.3, 0.4) is 0 Å². The fraction of sp³-hybridized carbons (Fsp3) is 1.00. The molecule has 2 aliphatic heterocycles. The highest BCUT2D eigenvalue weighted by Gasteiger charge is 2.46. The maximum absolute atomic E-state index is 6.74. The minimum absolute atomic E-state index is 0. The summed E-state index contributed by atoms with van der Waals surface area (Å²) >= 11 is 0. The van der Waals surface area contributed by atoms with Gasteiger partial charge in [-0.15, -0.1) is 0 Å². The van der Waals surface area contributed by atoms with Crippen molar-refractivity contribution < 1.29 is 66.4 Å². The van der Waals surface area contributed by atoms with Gasteiger partial charge in [0.25, 0.3) is 0 Å². The van der Waals surface area contributed by atoms with E-state index in [2.05, 4.69) is 27.9 Å². The maximum Gasteiger partial charge on any atom is 0.0919 e. The predicted molar refractivity (Wildman–Crippen MR) is 206 cm³/mol. The molecule has 0 N–H and O–H groups in total. The maximum atomic E-state index is 6.74. The second-order valence-corrected chi connectivity index (χ2v) is 17.2. The molecule has 49 heavy (non-hydrogen) atoms. The summed E-state index contributed by atoms with van der Waals surface area (Å²) in [5.41, 5.74) is 0.334. The lowest BCUT2D eigenvalue weighted by Crippen LogP contribution is -3.00. The summed E-state index contributed by atoms with van der Waals surface area (Å²) in [6, 6.07) is 0. The van der Waals surface area contributed by atoms with Gasteiger partial charge in [-0.05, 0) is 25.7 Å². The van der Waals surface area contributed by atoms with Crippen molar-refractivity contribution in [1.29, 1.82) is 0 Å². The van der Waals surface area contributed by atoms with Gasteiger partial charge in [0.05, 0.1) is 65.4 Å². The van der Waals surface area contributed by atoms with Crippen LogP contribution in [0.5, 0.6) is 0 Å². The molecule has 4 nitrogen and oxygen atoms in total. The van der Waals surface area contributed by atoms with Crippen LogP contribution in [0.1, 0.15) is 194 Å². The molecule has 0 spiro atoms. The molecule has 0 amide bonds. The first kappa shape index (κ1) is 50.3. The molecule has 0 saturated carbocycles. The Balaban J connectivity index is 0.0000115. The van der Waals surface area contributed by atoms with Crippen LogP contribution < -0.4 is 48.0 Å². The van der Waals surface area contributed by atoms with Crippen LogP contribution in [0.2, 0.25) is 0 Å². The summed E-state index contributed by atoms with van der Waals surface area (Å²) in [7, 11) is 5.15. The van der Waals surface area contributed by atoms with Gasteiger partial charge in [0, 0.05) is 45.5 Å². The Kier molecular flexibility index (Phi) is 33.6. The van der Waals surface area contributed by atoms with Crippen LogP contribution in [0.4, 0.5) is 0 Å². The fourth-order valence-corrected chi connectivity index (χ4v) is 9.16. The van der Waals surface area contributed by atoms with Crippen LogP contribution in [-0.2, 0) is 9.47 Å². The van der Waals surface area contributed by atoms with E-state index in [1.807, 2.05) is 0 Å². The number of hydrogen-bond donors (Lipinski definition) is 0. The van der Waals surface area contributed by atoms with Crippen LogP contribution >= 0.6 is 0 Å². The Labute approximate surface area is 343 Å². The van der Waals surface area contributed by atoms with E-state index in [1.54, 1.807) is 0 Å². The van der Waals surface area contributed by atoms with Gasteiger partial charge < -0.3 is 66.4 Å². The number of likely N-dealkylation sites (tertiary alicyclic amines) is 2. The molecular weight excluding hydrogens is 830 g/mol. The topological polar surface area (TPSA) is 18.5 Å². The molecule has 6 heteroatoms. The molecule has 2 aliphatic rings. The van der Waals surface area contributed by atoms with Crippen molar-refractivity contribution in [2.75, 3.05) is 79.8 Å². The van der Waals surface area contributed by atoms with E-state index < -0.39 is 0 Å². The highest BCUT2D eigenvalue weighted by molar-refractivity contribution is 4.82. The molecule has 0 bridgehead atoms. The van der Waals surface area contributed by atoms with Gasteiger partial charge in [-0.3, -0.25) is 0 Å². The lowest BCUT2D eigenvalue weighted by atomic mass is 9.80. The average molecular weight is 919 g/mol. The van der Waals surface area contributed by atoms with Gasteiger partial charge in [-0.25, -0.2) is 0 Å². The number of rotatable bonds is 34. The van der Waals surface area contributed by atoms with Crippen LogP contribution in [0.15, 0.2) is 0 Å². The largest absolute Gasteiger partial charge is 1.00 e. The lowest BCUT2D eigenvalue weighted by Gasteiger charge is -2.45. The molecule has 0 aromatic rings. The molecule has 0 radical (unpaired) electrons. The molecule has 0 atom stereocenters. The highest BCUT2D eigenvalue weighted by Crippen LogP contribution is 2.36. The zero-order valence-electron chi connectivity index (χ0n) is 33.8. The Morgan fingerprint density at radius 2 is 0.714 bits per heavy atom. The first-order valence-electron chi connectivity index (χ1n) is 21.8. The van der Waals surface area contributed by atoms with Gasteiger partial charge in [0.15, 0.2) is 0 Å². The van der Waals surface area contributed by atoms with Crippen LogP contribution in [-0.4, -0.2) is 88.8 Å². The molecular formula is C43H88I2N2O2. The lowest BCUT2D eigenvalue weighted by molar-refractivity contribution is -0.928. The number of halogens is 2. The highest BCUT2D eigenvalue weighted by atomic mass is 127. The Morgan fingerprint density at radius 1 is 0.408 bits per heavy atom. The van der Waals surface area contributed by atoms with Crippen molar-refractivity contribution in [3.8, 4) is 0 Å². The summed E-state index contributed by atoms with van der Waals surface area (Å²) in [4.78, 5) is 0. The van der Waals surface area contributed by atoms with E-state index in [4.69, 9.17) is 9.47 Å². The van der Waals surface area contributed by atoms with Gasteiger partial charge in [-0.1, -0.05) is 142 Å². The number of hydrogen-bond acceptors (Lipinski definition) is 2. The summed E-state index contributed by atoms with van der Waals surface area (Å²) < 4.78 is 15.2. The SMILES string of the molecule is CCCCCCCCCCCCCCOCC(CCCCCCCCOCCCCCCC)(C[N+]1(C)CCCC1)C[N+]1(C)CCCC1.[I-].[I-]. The van der Waals surface area contributed by atoms with E-state index in [-0.39, 0.29) is 48.0 Å². The number of unbranched alkanes of at least 4 members (excludes halogenated alkanes) is 20. The number of nitrogens with zero attached hydrogens (tertiary/aromatic N) is 2. The number of ether oxygens (including phenoxy) is 2. The molecule has 2 saturated heterocycles. The standard InChI is InChI=1S/C43H88N2O2.2HI/c1-5-7-9-11-12-13-14-15-16-18-23-31-39-47-42-43(40-44(3)33-25-26-34-44,41-45(4)35-27-28-36-45)32-24-20-17-19-22-30-38-46-37-29-21-10-8-6-2;;/h5-42H2,1-4H3;2*1H/q+2;;/p-2. The van der Waals surface area contributed by atoms with E-state index >= 15 is 0 Å². The van der Waals surface area contributed by atoms with Gasteiger partial charge >= 0.3 is 0 Å². The average Bonchev–Trinajstić information content (AvgIpc) is 3.68. The zero-order chi connectivity index (χ0) is 33.8. The molecule has 0 aromatic carbocycles. The summed E-state index contributed by atoms with van der Waals surface area (Å²) in [6.45, 7) is 16.7. The fourth-order valence-electron chi connectivity index (χ4n) is 9.16. The first-order chi connectivity index (χ1) is 22.9. The second-order valence-electron chi connectivity index (χ2n) is 17.2. The molecule has 0 unspecified atom stereocenters.